The van der Waals surface area contributed by atoms with Crippen LogP contribution in [0.25, 0.3) is 0 Å². The lowest BCUT2D eigenvalue weighted by Crippen LogP contribution is -2.59. The van der Waals surface area contributed by atoms with E-state index < -0.39 is 60.2 Å². The van der Waals surface area contributed by atoms with E-state index >= 15 is 0 Å². The molecule has 267 valence electrons. The van der Waals surface area contributed by atoms with Crippen molar-refractivity contribution in [3.05, 3.63) is 101 Å². The molecule has 13 heteroatoms. The van der Waals surface area contributed by atoms with E-state index in [-0.39, 0.29) is 25.0 Å². The van der Waals surface area contributed by atoms with E-state index in [2.05, 4.69) is 16.0 Å². The molecular weight excluding hydrogens is 645 g/mol. The van der Waals surface area contributed by atoms with Crippen molar-refractivity contribution >= 4 is 29.9 Å². The van der Waals surface area contributed by atoms with Crippen LogP contribution in [0.1, 0.15) is 42.4 Å². The molecule has 7 N–H and O–H groups in total. The Hall–Kier alpha value is -5.14. The number of hydrogen-bond donors (Lipinski definition) is 6. The van der Waals surface area contributed by atoms with Gasteiger partial charge in [0.25, 0.3) is 0 Å². The summed E-state index contributed by atoms with van der Waals surface area (Å²) in [5, 5.41) is 27.8. The van der Waals surface area contributed by atoms with Crippen molar-refractivity contribution in [2.75, 3.05) is 20.2 Å². The van der Waals surface area contributed by atoms with Gasteiger partial charge < -0.3 is 36.8 Å². The highest BCUT2D eigenvalue weighted by Crippen LogP contribution is 2.15. The molecule has 0 aliphatic carbocycles. The Balaban J connectivity index is 1.77. The fraction of sp³-hybridized carbons (Fsp3) is 0.378. The highest BCUT2D eigenvalue weighted by molar-refractivity contribution is 5.95. The van der Waals surface area contributed by atoms with Gasteiger partial charge in [-0.15, -0.1) is 0 Å². The SMILES string of the molecule is CN(C(=O)C(CO)NC(=O)[C@@H](Cc1ccccc1)NC(=O)CCc1ccc(F)cc1)C(Cc1ccc(O)cc1)C(=O)N[C@@H]([C]=O)CCCCN. The van der Waals surface area contributed by atoms with Gasteiger partial charge in [0.2, 0.25) is 29.9 Å². The van der Waals surface area contributed by atoms with Crippen molar-refractivity contribution in [3.8, 4) is 5.75 Å². The molecule has 0 aromatic heterocycles. The maximum atomic E-state index is 13.8. The minimum absolute atomic E-state index is 0.00497. The lowest BCUT2D eigenvalue weighted by molar-refractivity contribution is -0.143. The Kier molecular flexibility index (Phi) is 16.0. The average molecular weight is 691 g/mol. The summed E-state index contributed by atoms with van der Waals surface area (Å²) in [7, 11) is 1.34. The van der Waals surface area contributed by atoms with Gasteiger partial charge in [0.05, 0.1) is 12.6 Å². The van der Waals surface area contributed by atoms with E-state index in [0.29, 0.717) is 37.8 Å². The third kappa shape index (κ3) is 12.7. The Labute approximate surface area is 291 Å². The van der Waals surface area contributed by atoms with Crippen molar-refractivity contribution in [2.45, 2.75) is 69.1 Å². The molecule has 0 aliphatic heterocycles. The largest absolute Gasteiger partial charge is 0.508 e. The lowest BCUT2D eigenvalue weighted by Gasteiger charge is -2.31. The van der Waals surface area contributed by atoms with Crippen LogP contribution in [0.4, 0.5) is 4.39 Å². The van der Waals surface area contributed by atoms with Gasteiger partial charge in [-0.25, -0.2) is 4.39 Å². The van der Waals surface area contributed by atoms with Crippen molar-refractivity contribution in [1.29, 1.82) is 0 Å². The first-order chi connectivity index (χ1) is 24.0. The molecule has 3 rings (SSSR count). The Morgan fingerprint density at radius 2 is 1.46 bits per heavy atom. The molecule has 0 saturated heterocycles. The fourth-order valence-electron chi connectivity index (χ4n) is 5.27. The molecule has 1 radical (unpaired) electrons. The number of unbranched alkanes of at least 4 members (excludes halogenated alkanes) is 1. The number of aromatic hydroxyl groups is 1. The van der Waals surface area contributed by atoms with E-state index in [4.69, 9.17) is 5.73 Å². The first-order valence-electron chi connectivity index (χ1n) is 16.5. The topological polar surface area (TPSA) is 191 Å². The van der Waals surface area contributed by atoms with Gasteiger partial charge in [-0.05, 0) is 73.2 Å². The second-order valence-corrected chi connectivity index (χ2v) is 12.0. The summed E-state index contributed by atoms with van der Waals surface area (Å²) in [6.07, 6.45) is 3.68. The van der Waals surface area contributed by atoms with Crippen LogP contribution < -0.4 is 21.7 Å². The van der Waals surface area contributed by atoms with E-state index in [1.165, 1.54) is 31.3 Å². The summed E-state index contributed by atoms with van der Waals surface area (Å²) >= 11 is 0. The molecule has 0 fully saturated rings. The van der Waals surface area contributed by atoms with Gasteiger partial charge in [-0.1, -0.05) is 54.6 Å². The number of amides is 4. The molecule has 12 nitrogen and oxygen atoms in total. The molecule has 3 aromatic rings. The van der Waals surface area contributed by atoms with Crippen LogP contribution in [0, 0.1) is 5.82 Å². The molecule has 0 aliphatic rings. The number of halogens is 1. The summed E-state index contributed by atoms with van der Waals surface area (Å²) in [5.74, 6) is -3.03. The van der Waals surface area contributed by atoms with Crippen LogP contribution in [0.5, 0.6) is 5.75 Å². The number of aliphatic hydroxyl groups is 1. The maximum absolute atomic E-state index is 13.8. The molecule has 4 amide bonds. The van der Waals surface area contributed by atoms with Gasteiger partial charge in [-0.2, -0.15) is 0 Å². The molecule has 0 saturated carbocycles. The monoisotopic (exact) mass is 690 g/mol. The molecule has 3 aromatic carbocycles. The number of likely N-dealkylation sites (N-methyl/N-ethyl adjacent to an activating group) is 1. The standard InChI is InChI=1S/C37H45FN5O7/c1-43(33(22-27-12-17-30(46)18-13-27)36(49)40-29(23-44)9-5-6-20-39)37(50)32(24-45)42-35(48)31(21-26-7-3-2-4-8-26)41-34(47)19-14-25-10-15-28(38)16-11-25/h2-4,7-8,10-13,15-18,29,31-33,45-46H,5-6,9,14,19-22,24,39H2,1H3,(H,40,49)(H,41,47)(H,42,48)/t29-,31-,32?,33?/m1/s1. The summed E-state index contributed by atoms with van der Waals surface area (Å²) in [4.78, 5) is 66.6. The molecule has 0 bridgehead atoms. The maximum Gasteiger partial charge on any atom is 0.247 e. The second kappa shape index (κ2) is 20.4. The Morgan fingerprint density at radius 3 is 2.08 bits per heavy atom. The van der Waals surface area contributed by atoms with Gasteiger partial charge in [-0.3, -0.25) is 24.0 Å². The third-order valence-electron chi connectivity index (χ3n) is 8.17. The number of aliphatic hydroxyl groups excluding tert-OH is 1. The number of aryl methyl sites for hydroxylation is 1. The molecule has 0 spiro atoms. The van der Waals surface area contributed by atoms with Gasteiger partial charge in [0.15, 0.2) is 0 Å². The summed E-state index contributed by atoms with van der Waals surface area (Å²) in [6, 6.07) is 15.9. The molecule has 50 heavy (non-hydrogen) atoms. The van der Waals surface area contributed by atoms with Crippen molar-refractivity contribution < 1.29 is 38.6 Å². The van der Waals surface area contributed by atoms with E-state index in [1.807, 2.05) is 6.29 Å². The number of nitrogens with zero attached hydrogens (tertiary/aromatic N) is 1. The Morgan fingerprint density at radius 1 is 0.820 bits per heavy atom. The normalized spacial score (nSPS) is 13.3. The summed E-state index contributed by atoms with van der Waals surface area (Å²) < 4.78 is 13.3. The number of phenolic OH excluding ortho intramolecular Hbond substituents is 1. The quantitative estimate of drug-likeness (QED) is 0.0961. The van der Waals surface area contributed by atoms with E-state index in [9.17, 15) is 38.6 Å². The highest BCUT2D eigenvalue weighted by Gasteiger charge is 2.34. The van der Waals surface area contributed by atoms with Gasteiger partial charge >= 0.3 is 0 Å². The highest BCUT2D eigenvalue weighted by atomic mass is 19.1. The first kappa shape index (κ1) is 39.3. The predicted octanol–water partition coefficient (Wildman–Crippen LogP) is 1.46. The summed E-state index contributed by atoms with van der Waals surface area (Å²) in [6.45, 7) is -0.400. The molecular formula is C37H45FN5O7. The van der Waals surface area contributed by atoms with Crippen molar-refractivity contribution in [2.24, 2.45) is 5.73 Å². The summed E-state index contributed by atoms with van der Waals surface area (Å²) in [5.41, 5.74) is 7.60. The first-order valence-corrected chi connectivity index (χ1v) is 16.5. The van der Waals surface area contributed by atoms with Crippen LogP contribution in [0.3, 0.4) is 0 Å². The van der Waals surface area contributed by atoms with E-state index in [0.717, 1.165) is 16.0 Å². The van der Waals surface area contributed by atoms with Crippen LogP contribution in [0.15, 0.2) is 78.9 Å². The third-order valence-corrected chi connectivity index (χ3v) is 8.17. The van der Waals surface area contributed by atoms with Crippen molar-refractivity contribution in [1.82, 2.24) is 20.9 Å². The Bertz CT molecular complexity index is 1540. The minimum Gasteiger partial charge on any atom is -0.508 e. The second-order valence-electron chi connectivity index (χ2n) is 12.0. The number of nitrogens with one attached hydrogen (secondary N) is 3. The fourth-order valence-corrected chi connectivity index (χ4v) is 5.27. The van der Waals surface area contributed by atoms with Crippen LogP contribution in [-0.2, 0) is 43.2 Å². The zero-order valence-corrected chi connectivity index (χ0v) is 28.0. The molecule has 2 unspecified atom stereocenters. The number of nitrogens with two attached hydrogens (primary N) is 1. The lowest BCUT2D eigenvalue weighted by atomic mass is 10.0. The van der Waals surface area contributed by atoms with Gasteiger partial charge in [0.1, 0.15) is 29.7 Å². The predicted molar refractivity (Wildman–Crippen MR) is 185 cm³/mol. The van der Waals surface area contributed by atoms with Crippen LogP contribution in [-0.4, -0.2) is 89.4 Å². The number of benzene rings is 3. The minimum atomic E-state index is -1.49. The number of phenols is 1. The number of carbonyl (C=O) groups excluding carboxylic acids is 5. The number of rotatable bonds is 20. The average Bonchev–Trinajstić information content (AvgIpc) is 3.12. The zero-order chi connectivity index (χ0) is 36.5. The van der Waals surface area contributed by atoms with Crippen LogP contribution >= 0.6 is 0 Å². The zero-order valence-electron chi connectivity index (χ0n) is 28.0. The molecule has 0 heterocycles. The molecule has 4 atom stereocenters. The van der Waals surface area contributed by atoms with Gasteiger partial charge in [0, 0.05) is 26.3 Å². The number of carbonyl (C=O) groups is 4. The van der Waals surface area contributed by atoms with Crippen LogP contribution in [0.2, 0.25) is 0 Å². The van der Waals surface area contributed by atoms with E-state index in [1.54, 1.807) is 54.6 Å². The van der Waals surface area contributed by atoms with Crippen molar-refractivity contribution in [3.63, 3.8) is 0 Å². The smallest absolute Gasteiger partial charge is 0.247 e. The number of hydrogen-bond acceptors (Lipinski definition) is 8.